The van der Waals surface area contributed by atoms with Crippen molar-refractivity contribution in [1.29, 1.82) is 0 Å². The molecule has 1 aromatic rings. The molecule has 5 nitrogen and oxygen atoms in total. The Morgan fingerprint density at radius 2 is 2.37 bits per heavy atom. The van der Waals surface area contributed by atoms with Gasteiger partial charge < -0.3 is 14.8 Å². The summed E-state index contributed by atoms with van der Waals surface area (Å²) in [4.78, 5) is 15.8. The average molecular weight is 264 g/mol. The van der Waals surface area contributed by atoms with Crippen LogP contribution in [0.5, 0.6) is 0 Å². The molecule has 2 atom stereocenters. The fraction of sp³-hybridized carbons (Fsp3) is 0.571. The van der Waals surface area contributed by atoms with Crippen LogP contribution >= 0.6 is 0 Å². The first-order valence-electron chi connectivity index (χ1n) is 6.53. The highest BCUT2D eigenvalue weighted by Crippen LogP contribution is 2.21. The first-order valence-corrected chi connectivity index (χ1v) is 6.53. The van der Waals surface area contributed by atoms with Gasteiger partial charge in [-0.3, -0.25) is 0 Å². The number of rotatable bonds is 4. The molecular weight excluding hydrogens is 244 g/mol. The number of nitrogens with zero attached hydrogens (tertiary/aromatic N) is 1. The summed E-state index contributed by atoms with van der Waals surface area (Å²) in [7, 11) is 1.37. The molecule has 1 aliphatic rings. The number of aromatic nitrogens is 1. The smallest absolute Gasteiger partial charge is 0.339 e. The van der Waals surface area contributed by atoms with E-state index in [9.17, 15) is 4.79 Å². The molecule has 1 N–H and O–H groups in total. The van der Waals surface area contributed by atoms with Crippen LogP contribution in [0.25, 0.3) is 0 Å². The summed E-state index contributed by atoms with van der Waals surface area (Å²) in [5.74, 6) is 0.945. The molecule has 0 aliphatic carbocycles. The van der Waals surface area contributed by atoms with Crippen LogP contribution in [0.2, 0.25) is 0 Å². The average Bonchev–Trinajstić information content (AvgIpc) is 2.81. The minimum atomic E-state index is -0.352. The molecule has 0 aromatic carbocycles. The second-order valence-electron chi connectivity index (χ2n) is 4.83. The highest BCUT2D eigenvalue weighted by Gasteiger charge is 2.23. The lowest BCUT2D eigenvalue weighted by molar-refractivity contribution is 0.0599. The molecule has 0 radical (unpaired) electrons. The number of hydrogen-bond donors (Lipinski definition) is 1. The van der Waals surface area contributed by atoms with E-state index in [2.05, 4.69) is 17.2 Å². The topological polar surface area (TPSA) is 60.5 Å². The molecule has 0 spiro atoms. The third-order valence-electron chi connectivity index (χ3n) is 3.57. The van der Waals surface area contributed by atoms with Crippen molar-refractivity contribution in [2.45, 2.75) is 26.4 Å². The fourth-order valence-corrected chi connectivity index (χ4v) is 2.26. The van der Waals surface area contributed by atoms with E-state index in [1.165, 1.54) is 7.11 Å². The van der Waals surface area contributed by atoms with Crippen molar-refractivity contribution in [3.63, 3.8) is 0 Å². The summed E-state index contributed by atoms with van der Waals surface area (Å²) < 4.78 is 10.2. The Labute approximate surface area is 113 Å². The summed E-state index contributed by atoms with van der Waals surface area (Å²) in [6, 6.07) is 3.55. The van der Waals surface area contributed by atoms with Gasteiger partial charge in [0.25, 0.3) is 0 Å². The monoisotopic (exact) mass is 264 g/mol. The number of hydrogen-bond acceptors (Lipinski definition) is 5. The van der Waals surface area contributed by atoms with E-state index < -0.39 is 0 Å². The Bertz CT molecular complexity index is 462. The molecule has 104 valence electrons. The van der Waals surface area contributed by atoms with Gasteiger partial charge in [-0.25, -0.2) is 9.78 Å². The third kappa shape index (κ3) is 3.23. The minimum absolute atomic E-state index is 0.294. The highest BCUT2D eigenvalue weighted by molar-refractivity contribution is 5.90. The molecule has 2 unspecified atom stereocenters. The Morgan fingerprint density at radius 1 is 1.58 bits per heavy atom. The van der Waals surface area contributed by atoms with Crippen molar-refractivity contribution in [3.8, 4) is 0 Å². The van der Waals surface area contributed by atoms with Crippen LogP contribution in [0.4, 0.5) is 5.82 Å². The van der Waals surface area contributed by atoms with Crippen molar-refractivity contribution in [1.82, 2.24) is 4.98 Å². The van der Waals surface area contributed by atoms with E-state index in [1.807, 2.05) is 0 Å². The van der Waals surface area contributed by atoms with E-state index in [0.29, 0.717) is 23.3 Å². The first kappa shape index (κ1) is 13.8. The van der Waals surface area contributed by atoms with Crippen LogP contribution < -0.4 is 5.32 Å². The first-order chi connectivity index (χ1) is 9.11. The minimum Gasteiger partial charge on any atom is -0.465 e. The molecule has 19 heavy (non-hydrogen) atoms. The number of methoxy groups -OCH3 is 1. The van der Waals surface area contributed by atoms with Crippen LogP contribution in [-0.4, -0.2) is 37.3 Å². The van der Waals surface area contributed by atoms with Crippen molar-refractivity contribution < 1.29 is 14.3 Å². The van der Waals surface area contributed by atoms with Crippen LogP contribution in [0.15, 0.2) is 12.1 Å². The van der Waals surface area contributed by atoms with Gasteiger partial charge in [-0.15, -0.1) is 0 Å². The van der Waals surface area contributed by atoms with Gasteiger partial charge in [0, 0.05) is 19.1 Å². The number of anilines is 1. The third-order valence-corrected chi connectivity index (χ3v) is 3.57. The summed E-state index contributed by atoms with van der Waals surface area (Å²) >= 11 is 0. The Kier molecular flexibility index (Phi) is 4.37. The predicted octanol–water partition coefficient (Wildman–Crippen LogP) is 2.01. The zero-order valence-corrected chi connectivity index (χ0v) is 11.6. The quantitative estimate of drug-likeness (QED) is 0.843. The molecule has 1 fully saturated rings. The molecule has 1 saturated heterocycles. The van der Waals surface area contributed by atoms with Crippen molar-refractivity contribution >= 4 is 11.8 Å². The van der Waals surface area contributed by atoms with E-state index >= 15 is 0 Å². The summed E-state index contributed by atoms with van der Waals surface area (Å²) in [6.45, 7) is 5.57. The van der Waals surface area contributed by atoms with Gasteiger partial charge in [0.15, 0.2) is 0 Å². The van der Waals surface area contributed by atoms with E-state index in [0.717, 1.165) is 25.4 Å². The number of esters is 1. The van der Waals surface area contributed by atoms with Gasteiger partial charge in [0.2, 0.25) is 0 Å². The number of nitrogens with one attached hydrogen (secondary N) is 1. The molecular formula is C14H20N2O3. The Balaban J connectivity index is 1.98. The maximum Gasteiger partial charge on any atom is 0.339 e. The molecule has 0 saturated carbocycles. The normalized spacial score (nSPS) is 22.3. The standard InChI is InChI=1S/C14H20N2O3/c1-9-12(14(17)18-3)4-5-13(16-9)15-8-11-6-7-19-10(11)2/h4-5,10-11H,6-8H2,1-3H3,(H,15,16). The number of carbonyl (C=O) groups is 1. The van der Waals surface area contributed by atoms with Crippen LogP contribution in [0.3, 0.4) is 0 Å². The molecule has 2 heterocycles. The van der Waals surface area contributed by atoms with Crippen molar-refractivity contribution in [2.24, 2.45) is 5.92 Å². The maximum atomic E-state index is 11.5. The lowest BCUT2D eigenvalue weighted by Gasteiger charge is -2.15. The van der Waals surface area contributed by atoms with E-state index in [-0.39, 0.29) is 5.97 Å². The van der Waals surface area contributed by atoms with Gasteiger partial charge >= 0.3 is 5.97 Å². The zero-order chi connectivity index (χ0) is 13.8. The Hall–Kier alpha value is -1.62. The molecule has 1 aliphatic heterocycles. The largest absolute Gasteiger partial charge is 0.465 e. The molecule has 5 heteroatoms. The molecule has 2 rings (SSSR count). The number of pyridine rings is 1. The number of aryl methyl sites for hydroxylation is 1. The number of carbonyl (C=O) groups excluding carboxylic acids is 1. The molecule has 1 aromatic heterocycles. The van der Waals surface area contributed by atoms with Gasteiger partial charge in [-0.1, -0.05) is 0 Å². The Morgan fingerprint density at radius 3 is 2.95 bits per heavy atom. The van der Waals surface area contributed by atoms with Crippen molar-refractivity contribution in [2.75, 3.05) is 25.6 Å². The maximum absolute atomic E-state index is 11.5. The van der Waals surface area contributed by atoms with Gasteiger partial charge in [0.1, 0.15) is 5.82 Å². The van der Waals surface area contributed by atoms with Crippen LogP contribution in [-0.2, 0) is 9.47 Å². The lowest BCUT2D eigenvalue weighted by atomic mass is 10.0. The van der Waals surface area contributed by atoms with Gasteiger partial charge in [0.05, 0.1) is 24.5 Å². The van der Waals surface area contributed by atoms with Crippen LogP contribution in [0.1, 0.15) is 29.4 Å². The number of ether oxygens (including phenoxy) is 2. The SMILES string of the molecule is COC(=O)c1ccc(NCC2CCOC2C)nc1C. The fourth-order valence-electron chi connectivity index (χ4n) is 2.26. The molecule has 0 amide bonds. The van der Waals surface area contributed by atoms with Gasteiger partial charge in [-0.05, 0) is 32.4 Å². The summed E-state index contributed by atoms with van der Waals surface area (Å²) in [5, 5.41) is 3.30. The summed E-state index contributed by atoms with van der Waals surface area (Å²) in [6.07, 6.45) is 1.37. The molecule has 0 bridgehead atoms. The predicted molar refractivity (Wildman–Crippen MR) is 72.3 cm³/mol. The zero-order valence-electron chi connectivity index (χ0n) is 11.6. The lowest BCUT2D eigenvalue weighted by Crippen LogP contribution is -2.21. The van der Waals surface area contributed by atoms with E-state index in [4.69, 9.17) is 9.47 Å². The van der Waals surface area contributed by atoms with Crippen molar-refractivity contribution in [3.05, 3.63) is 23.4 Å². The van der Waals surface area contributed by atoms with Crippen LogP contribution in [0, 0.1) is 12.8 Å². The highest BCUT2D eigenvalue weighted by atomic mass is 16.5. The second kappa shape index (κ2) is 6.02. The van der Waals surface area contributed by atoms with E-state index in [1.54, 1.807) is 19.1 Å². The summed E-state index contributed by atoms with van der Waals surface area (Å²) in [5.41, 5.74) is 1.18. The van der Waals surface area contributed by atoms with Gasteiger partial charge in [-0.2, -0.15) is 0 Å². The second-order valence-corrected chi connectivity index (χ2v) is 4.83.